The number of amides is 2. The number of rotatable bonds is 16. The lowest BCUT2D eigenvalue weighted by atomic mass is 9.76. The third-order valence-electron chi connectivity index (χ3n) is 11.5. The number of nitrogens with zero attached hydrogens (tertiary/aromatic N) is 3. The first-order valence-corrected chi connectivity index (χ1v) is 21.7. The van der Waals surface area contributed by atoms with Crippen LogP contribution in [-0.2, 0) is 23.8 Å². The largest absolute Gasteiger partial charge is 0.491 e. The Morgan fingerprint density at radius 1 is 0.929 bits per heavy atom. The highest BCUT2D eigenvalue weighted by Gasteiger charge is 2.41. The quantitative estimate of drug-likeness (QED) is 0.143. The number of ketones is 1. The smallest absolute Gasteiger partial charge is 0.410 e. The Morgan fingerprint density at radius 3 is 2.41 bits per heavy atom. The van der Waals surface area contributed by atoms with E-state index in [1.807, 2.05) is 43.9 Å². The van der Waals surface area contributed by atoms with E-state index in [9.17, 15) is 14.4 Å². The minimum absolute atomic E-state index is 0.0434. The summed E-state index contributed by atoms with van der Waals surface area (Å²) < 4.78 is 23.5. The van der Waals surface area contributed by atoms with Crippen LogP contribution >= 0.6 is 11.3 Å². The average Bonchev–Trinajstić information content (AvgIpc) is 3.89. The Labute approximate surface area is 336 Å². The van der Waals surface area contributed by atoms with Crippen molar-refractivity contribution in [1.29, 1.82) is 0 Å². The first-order valence-electron chi connectivity index (χ1n) is 20.8. The molecule has 306 valence electrons. The summed E-state index contributed by atoms with van der Waals surface area (Å²) in [6, 6.07) is 11.5. The van der Waals surface area contributed by atoms with Crippen LogP contribution in [0.25, 0.3) is 22.0 Å². The fourth-order valence-corrected chi connectivity index (χ4v) is 9.29. The van der Waals surface area contributed by atoms with Crippen molar-refractivity contribution >= 4 is 39.9 Å². The number of benzene rings is 2. The Balaban J connectivity index is 1.11. The summed E-state index contributed by atoms with van der Waals surface area (Å²) in [7, 11) is 1.60. The fraction of sp³-hybridized carbons (Fsp3) is 0.636. The van der Waals surface area contributed by atoms with Crippen molar-refractivity contribution in [3.05, 3.63) is 46.8 Å². The third kappa shape index (κ3) is 10.9. The maximum absolute atomic E-state index is 14.6. The minimum atomic E-state index is -0.700. The first-order chi connectivity index (χ1) is 27.0. The molecule has 0 bridgehead atoms. The van der Waals surface area contributed by atoms with E-state index in [1.165, 1.54) is 4.90 Å². The molecule has 1 N–H and O–H groups in total. The molecule has 2 aromatic carbocycles. The van der Waals surface area contributed by atoms with Gasteiger partial charge in [0, 0.05) is 42.3 Å². The van der Waals surface area contributed by atoms with Crippen LogP contribution in [0.2, 0.25) is 0 Å². The number of thiazole rings is 1. The van der Waals surface area contributed by atoms with E-state index < -0.39 is 23.7 Å². The maximum atomic E-state index is 14.6. The number of piperidine rings is 1. The summed E-state index contributed by atoms with van der Waals surface area (Å²) in [5, 5.41) is 8.44. The van der Waals surface area contributed by atoms with Gasteiger partial charge in [0.1, 0.15) is 23.0 Å². The molecule has 3 aliphatic rings. The van der Waals surface area contributed by atoms with Crippen molar-refractivity contribution in [2.24, 2.45) is 11.8 Å². The number of aromatic nitrogens is 1. The van der Waals surface area contributed by atoms with Gasteiger partial charge in [-0.15, -0.1) is 11.3 Å². The van der Waals surface area contributed by atoms with E-state index in [2.05, 4.69) is 28.9 Å². The van der Waals surface area contributed by atoms with E-state index in [0.29, 0.717) is 39.1 Å². The van der Waals surface area contributed by atoms with Gasteiger partial charge in [-0.2, -0.15) is 0 Å². The maximum Gasteiger partial charge on any atom is 0.410 e. The van der Waals surface area contributed by atoms with Gasteiger partial charge in [0.2, 0.25) is 5.91 Å². The number of hydrogen-bond donors (Lipinski definition) is 1. The van der Waals surface area contributed by atoms with Gasteiger partial charge in [0.25, 0.3) is 0 Å². The van der Waals surface area contributed by atoms with Crippen LogP contribution in [0, 0.1) is 11.8 Å². The van der Waals surface area contributed by atoms with E-state index in [4.69, 9.17) is 23.9 Å². The standard InChI is InChI=1S/C44H62N4O7S/c1-30(47(5)43(51)55-44(2,3)4)39(49)28-36(31-12-7-6-8-13-31)42(50)48-23-11-16-38(48)41-46-37(29-56-41)34-17-18-40(35-15-10-9-14-33(34)35)54-27-25-52-24-26-53-32-19-21-45-22-20-32/h9-10,14-15,17-18,29-32,36,38,45H,6-8,11-13,16,19-28H2,1-5H3/t30-,36-,38-/m0/s1. The van der Waals surface area contributed by atoms with E-state index in [-0.39, 0.29) is 30.1 Å². The molecule has 0 unspecified atom stereocenters. The fourth-order valence-electron chi connectivity index (χ4n) is 8.32. The molecule has 3 fully saturated rings. The van der Waals surface area contributed by atoms with Crippen LogP contribution in [0.3, 0.4) is 0 Å². The normalized spacial score (nSPS) is 19.5. The zero-order valence-electron chi connectivity index (χ0n) is 34.1. The molecule has 56 heavy (non-hydrogen) atoms. The molecule has 6 rings (SSSR count). The van der Waals surface area contributed by atoms with Crippen molar-refractivity contribution < 1.29 is 33.3 Å². The van der Waals surface area contributed by atoms with Gasteiger partial charge in [-0.1, -0.05) is 43.5 Å². The molecule has 0 spiro atoms. The summed E-state index contributed by atoms with van der Waals surface area (Å²) >= 11 is 1.59. The molecular weight excluding hydrogens is 729 g/mol. The molecule has 0 radical (unpaired) electrons. The van der Waals surface area contributed by atoms with Gasteiger partial charge in [-0.25, -0.2) is 9.78 Å². The van der Waals surface area contributed by atoms with Crippen LogP contribution in [-0.4, -0.2) is 103 Å². The summed E-state index contributed by atoms with van der Waals surface area (Å²) in [6.45, 7) is 11.9. The van der Waals surface area contributed by atoms with Gasteiger partial charge >= 0.3 is 6.09 Å². The molecule has 3 atom stereocenters. The van der Waals surface area contributed by atoms with Crippen molar-refractivity contribution in [3.8, 4) is 17.0 Å². The predicted octanol–water partition coefficient (Wildman–Crippen LogP) is 8.20. The average molecular weight is 791 g/mol. The van der Waals surface area contributed by atoms with Gasteiger partial charge in [-0.3, -0.25) is 9.59 Å². The molecule has 1 saturated carbocycles. The molecule has 2 aliphatic heterocycles. The lowest BCUT2D eigenvalue weighted by Crippen LogP contribution is -2.46. The highest BCUT2D eigenvalue weighted by Crippen LogP contribution is 2.41. The highest BCUT2D eigenvalue weighted by molar-refractivity contribution is 7.10. The number of Topliss-reactive ketones (excluding diaryl/α,β-unsaturated/α-hetero) is 1. The number of likely N-dealkylation sites (tertiary alicyclic amines) is 1. The molecule has 2 saturated heterocycles. The van der Waals surface area contributed by atoms with Crippen LogP contribution < -0.4 is 10.1 Å². The number of ether oxygens (including phenoxy) is 4. The highest BCUT2D eigenvalue weighted by atomic mass is 32.1. The minimum Gasteiger partial charge on any atom is -0.491 e. The zero-order valence-corrected chi connectivity index (χ0v) is 34.9. The summed E-state index contributed by atoms with van der Waals surface area (Å²) in [5.41, 5.74) is 1.23. The topological polar surface area (TPSA) is 120 Å². The second-order valence-electron chi connectivity index (χ2n) is 16.6. The predicted molar refractivity (Wildman–Crippen MR) is 220 cm³/mol. The first kappa shape index (κ1) is 42.0. The summed E-state index contributed by atoms with van der Waals surface area (Å²) in [4.78, 5) is 49.7. The van der Waals surface area contributed by atoms with Crippen LogP contribution in [0.1, 0.15) is 103 Å². The molecule has 1 aliphatic carbocycles. The second kappa shape index (κ2) is 19.7. The van der Waals surface area contributed by atoms with Gasteiger partial charge in [0.15, 0.2) is 5.78 Å². The Bertz CT molecular complexity index is 1760. The number of nitrogens with one attached hydrogen (secondary N) is 1. The Kier molecular flexibility index (Phi) is 14.8. The number of likely N-dealkylation sites (N-methyl/N-ethyl adjacent to an activating group) is 1. The zero-order chi connectivity index (χ0) is 39.7. The number of fused-ring (bicyclic) bond motifs is 1. The summed E-state index contributed by atoms with van der Waals surface area (Å²) in [5.74, 6) is 0.453. The van der Waals surface area contributed by atoms with E-state index in [0.717, 1.165) is 104 Å². The molecule has 12 heteroatoms. The van der Waals surface area contributed by atoms with Gasteiger partial charge < -0.3 is 34.1 Å². The summed E-state index contributed by atoms with van der Waals surface area (Å²) in [6.07, 6.45) is 8.88. The molecule has 3 heterocycles. The van der Waals surface area contributed by atoms with Gasteiger partial charge in [-0.05, 0) is 103 Å². The van der Waals surface area contributed by atoms with E-state index >= 15 is 0 Å². The molecule has 1 aromatic heterocycles. The van der Waals surface area contributed by atoms with Crippen molar-refractivity contribution in [1.82, 2.24) is 20.1 Å². The number of carbonyl (C=O) groups is 3. The second-order valence-corrected chi connectivity index (χ2v) is 17.5. The number of hydrogen-bond acceptors (Lipinski definition) is 10. The molecule has 3 aromatic rings. The Morgan fingerprint density at radius 2 is 1.66 bits per heavy atom. The molecular formula is C44H62N4O7S. The lowest BCUT2D eigenvalue weighted by molar-refractivity contribution is -0.142. The van der Waals surface area contributed by atoms with Crippen LogP contribution in [0.4, 0.5) is 4.79 Å². The third-order valence-corrected chi connectivity index (χ3v) is 12.5. The van der Waals surface area contributed by atoms with Gasteiger partial charge in [0.05, 0.1) is 43.7 Å². The van der Waals surface area contributed by atoms with Crippen LogP contribution in [0.5, 0.6) is 5.75 Å². The molecule has 2 amide bonds. The lowest BCUT2D eigenvalue weighted by Gasteiger charge is -2.35. The Hall–Kier alpha value is -3.58. The molecule has 11 nitrogen and oxygen atoms in total. The van der Waals surface area contributed by atoms with Crippen molar-refractivity contribution in [2.45, 2.75) is 116 Å². The van der Waals surface area contributed by atoms with Crippen molar-refractivity contribution in [3.63, 3.8) is 0 Å². The number of carbonyl (C=O) groups excluding carboxylic acids is 3. The SMILES string of the molecule is C[C@@H](C(=O)C[C@H](C(=O)N1CCC[C@H]1c1nc(-c2ccc(OCCOCCOC3CCNCC3)c3ccccc23)cs1)C1CCCCC1)N(C)C(=O)OC(C)(C)C. The van der Waals surface area contributed by atoms with E-state index in [1.54, 1.807) is 25.3 Å². The van der Waals surface area contributed by atoms with Crippen LogP contribution in [0.15, 0.2) is 41.8 Å². The van der Waals surface area contributed by atoms with Crippen molar-refractivity contribution in [2.75, 3.05) is 53.1 Å². The monoisotopic (exact) mass is 790 g/mol.